The third-order valence-electron chi connectivity index (χ3n) is 6.46. The Morgan fingerprint density at radius 2 is 1.95 bits per heavy atom. The predicted octanol–water partition coefficient (Wildman–Crippen LogP) is 5.65. The van der Waals surface area contributed by atoms with Crippen molar-refractivity contribution >= 4 is 51.7 Å². The second kappa shape index (κ2) is 11.4. The zero-order valence-electron chi connectivity index (χ0n) is 20.9. The average Bonchev–Trinajstić information content (AvgIpc) is 3.31. The standard InChI is InChI=1S/C28H28ClN7S/c1-34-12-14-36(15-13-34)10-3-4-20-5-7-23-25(16-20)32-19-21(18-30)27(23)33-22-6-8-26(24(29)17-22)37-28-31-9-11-35(28)2/h3-9,11,16-17,19H,10,12-15H2,1-2H3,(H,32,33). The molecule has 0 spiro atoms. The molecule has 7 nitrogen and oxygen atoms in total. The van der Waals surface area contributed by atoms with E-state index >= 15 is 0 Å². The third kappa shape index (κ3) is 5.97. The molecule has 4 aromatic rings. The fraction of sp³-hybridized carbons (Fsp3) is 0.250. The molecule has 188 valence electrons. The van der Waals surface area contributed by atoms with Crippen LogP contribution in [0.3, 0.4) is 0 Å². The molecule has 3 heterocycles. The van der Waals surface area contributed by atoms with Crippen molar-refractivity contribution in [2.24, 2.45) is 7.05 Å². The molecule has 0 atom stereocenters. The zero-order valence-corrected chi connectivity index (χ0v) is 22.4. The molecule has 1 aliphatic rings. The van der Waals surface area contributed by atoms with Gasteiger partial charge in [-0.25, -0.2) is 4.98 Å². The molecule has 37 heavy (non-hydrogen) atoms. The van der Waals surface area contributed by atoms with Crippen LogP contribution >= 0.6 is 23.4 Å². The summed E-state index contributed by atoms with van der Waals surface area (Å²) in [6, 6.07) is 14.2. The van der Waals surface area contributed by atoms with Crippen molar-refractivity contribution in [2.75, 3.05) is 45.1 Å². The van der Waals surface area contributed by atoms with E-state index in [1.807, 2.05) is 42.1 Å². The molecule has 2 aromatic carbocycles. The lowest BCUT2D eigenvalue weighted by atomic mass is 10.1. The Kier molecular flexibility index (Phi) is 7.77. The van der Waals surface area contributed by atoms with Gasteiger partial charge in [-0.2, -0.15) is 5.26 Å². The van der Waals surface area contributed by atoms with Crippen molar-refractivity contribution in [2.45, 2.75) is 10.1 Å². The lowest BCUT2D eigenvalue weighted by Crippen LogP contribution is -2.44. The Balaban J connectivity index is 1.35. The first-order valence-electron chi connectivity index (χ1n) is 12.1. The first kappa shape index (κ1) is 25.3. The maximum absolute atomic E-state index is 9.75. The molecular formula is C28H28ClN7S. The van der Waals surface area contributed by atoms with Gasteiger partial charge in [0.05, 0.1) is 21.8 Å². The minimum atomic E-state index is 0.480. The Labute approximate surface area is 226 Å². The molecule has 1 aliphatic heterocycles. The number of pyridine rings is 1. The van der Waals surface area contributed by atoms with E-state index in [0.29, 0.717) is 10.6 Å². The number of hydrogen-bond acceptors (Lipinski definition) is 7. The second-order valence-corrected chi connectivity index (χ2v) is 10.6. The minimum absolute atomic E-state index is 0.480. The van der Waals surface area contributed by atoms with Crippen LogP contribution in [-0.4, -0.2) is 64.1 Å². The number of nitrogens with one attached hydrogen (secondary N) is 1. The third-order valence-corrected chi connectivity index (χ3v) is 8.04. The van der Waals surface area contributed by atoms with Gasteiger partial charge >= 0.3 is 0 Å². The molecule has 0 unspecified atom stereocenters. The maximum Gasteiger partial charge on any atom is 0.172 e. The van der Waals surface area contributed by atoms with E-state index < -0.39 is 0 Å². The monoisotopic (exact) mass is 529 g/mol. The Bertz CT molecular complexity index is 1480. The molecule has 9 heteroatoms. The summed E-state index contributed by atoms with van der Waals surface area (Å²) in [6.07, 6.45) is 9.64. The molecule has 0 saturated carbocycles. The van der Waals surface area contributed by atoms with Crippen LogP contribution in [0.15, 0.2) is 71.1 Å². The van der Waals surface area contributed by atoms with Crippen LogP contribution in [0, 0.1) is 11.3 Å². The van der Waals surface area contributed by atoms with E-state index in [1.54, 1.807) is 12.4 Å². The fourth-order valence-corrected chi connectivity index (χ4v) is 5.36. The number of likely N-dealkylation sites (N-methyl/N-ethyl adjacent to an activating group) is 1. The highest BCUT2D eigenvalue weighted by atomic mass is 35.5. The summed E-state index contributed by atoms with van der Waals surface area (Å²) < 4.78 is 1.95. The van der Waals surface area contributed by atoms with E-state index in [2.05, 4.69) is 62.5 Å². The molecule has 0 amide bonds. The van der Waals surface area contributed by atoms with E-state index in [9.17, 15) is 5.26 Å². The van der Waals surface area contributed by atoms with Crippen molar-refractivity contribution in [3.63, 3.8) is 0 Å². The predicted molar refractivity (Wildman–Crippen MR) is 151 cm³/mol. The summed E-state index contributed by atoms with van der Waals surface area (Å²) in [5, 5.41) is 15.5. The zero-order chi connectivity index (χ0) is 25.8. The van der Waals surface area contributed by atoms with Crippen LogP contribution in [0.1, 0.15) is 11.1 Å². The van der Waals surface area contributed by atoms with Crippen LogP contribution in [-0.2, 0) is 7.05 Å². The number of anilines is 2. The number of nitrogens with zero attached hydrogens (tertiary/aromatic N) is 6. The SMILES string of the molecule is CN1CCN(CC=Cc2ccc3c(Nc4ccc(Sc5nccn5C)c(Cl)c4)c(C#N)cnc3c2)CC1. The fourth-order valence-electron chi connectivity index (χ4n) is 4.26. The van der Waals surface area contributed by atoms with Crippen molar-refractivity contribution in [3.8, 4) is 6.07 Å². The van der Waals surface area contributed by atoms with Crippen LogP contribution in [0.5, 0.6) is 0 Å². The number of piperazine rings is 1. The Morgan fingerprint density at radius 1 is 1.11 bits per heavy atom. The van der Waals surface area contributed by atoms with E-state index in [4.69, 9.17) is 11.6 Å². The van der Waals surface area contributed by atoms with Crippen LogP contribution in [0.2, 0.25) is 5.02 Å². The topological polar surface area (TPSA) is 73.0 Å². The number of aryl methyl sites for hydroxylation is 1. The van der Waals surface area contributed by atoms with Crippen molar-refractivity contribution < 1.29 is 0 Å². The number of benzene rings is 2. The molecule has 2 aromatic heterocycles. The van der Waals surface area contributed by atoms with E-state index in [0.717, 1.165) is 70.6 Å². The number of halogens is 1. The molecule has 0 radical (unpaired) electrons. The summed E-state index contributed by atoms with van der Waals surface area (Å²) in [6.45, 7) is 5.36. The number of imidazole rings is 1. The molecular weight excluding hydrogens is 502 g/mol. The smallest absolute Gasteiger partial charge is 0.172 e. The summed E-state index contributed by atoms with van der Waals surface area (Å²) in [5.74, 6) is 0. The summed E-state index contributed by atoms with van der Waals surface area (Å²) in [5.41, 5.74) is 3.92. The van der Waals surface area contributed by atoms with Gasteiger partial charge in [0.2, 0.25) is 0 Å². The number of rotatable bonds is 7. The molecule has 0 bridgehead atoms. The van der Waals surface area contributed by atoms with Gasteiger partial charge < -0.3 is 14.8 Å². The van der Waals surface area contributed by atoms with E-state index in [-0.39, 0.29) is 0 Å². The maximum atomic E-state index is 9.75. The molecule has 1 saturated heterocycles. The molecule has 1 N–H and O–H groups in total. The van der Waals surface area contributed by atoms with Gasteiger partial charge in [0.1, 0.15) is 6.07 Å². The average molecular weight is 530 g/mol. The minimum Gasteiger partial charge on any atom is -0.354 e. The Morgan fingerprint density at radius 3 is 2.68 bits per heavy atom. The first-order chi connectivity index (χ1) is 18.0. The summed E-state index contributed by atoms with van der Waals surface area (Å²) in [7, 11) is 4.12. The highest BCUT2D eigenvalue weighted by molar-refractivity contribution is 7.99. The largest absolute Gasteiger partial charge is 0.354 e. The highest BCUT2D eigenvalue weighted by Gasteiger charge is 2.13. The molecule has 1 fully saturated rings. The second-order valence-electron chi connectivity index (χ2n) is 9.13. The molecule has 5 rings (SSSR count). The summed E-state index contributed by atoms with van der Waals surface area (Å²) >= 11 is 8.11. The summed E-state index contributed by atoms with van der Waals surface area (Å²) in [4.78, 5) is 14.6. The molecule has 0 aliphatic carbocycles. The lowest BCUT2D eigenvalue weighted by Gasteiger charge is -2.31. The highest BCUT2D eigenvalue weighted by Crippen LogP contribution is 2.36. The van der Waals surface area contributed by atoms with Gasteiger partial charge in [0, 0.05) is 74.3 Å². The number of fused-ring (bicyclic) bond motifs is 1. The van der Waals surface area contributed by atoms with Gasteiger partial charge in [0.25, 0.3) is 0 Å². The number of nitriles is 1. The van der Waals surface area contributed by atoms with Crippen LogP contribution < -0.4 is 5.32 Å². The normalized spacial score (nSPS) is 14.9. The van der Waals surface area contributed by atoms with E-state index in [1.165, 1.54) is 11.8 Å². The number of aromatic nitrogens is 3. The quantitative estimate of drug-likeness (QED) is 0.331. The Hall–Kier alpha value is -3.35. The van der Waals surface area contributed by atoms with Gasteiger partial charge in [-0.3, -0.25) is 9.88 Å². The van der Waals surface area contributed by atoms with Crippen LogP contribution in [0.4, 0.5) is 11.4 Å². The van der Waals surface area contributed by atoms with Gasteiger partial charge in [-0.15, -0.1) is 0 Å². The number of hydrogen-bond donors (Lipinski definition) is 1. The van der Waals surface area contributed by atoms with Crippen molar-refractivity contribution in [1.29, 1.82) is 5.26 Å². The van der Waals surface area contributed by atoms with Gasteiger partial charge in [-0.05, 0) is 36.9 Å². The van der Waals surface area contributed by atoms with Gasteiger partial charge in [0.15, 0.2) is 5.16 Å². The van der Waals surface area contributed by atoms with Gasteiger partial charge in [-0.1, -0.05) is 47.6 Å². The van der Waals surface area contributed by atoms with Crippen molar-refractivity contribution in [1.82, 2.24) is 24.3 Å². The van der Waals surface area contributed by atoms with Crippen LogP contribution in [0.25, 0.3) is 17.0 Å². The lowest BCUT2D eigenvalue weighted by molar-refractivity contribution is 0.167. The van der Waals surface area contributed by atoms with Crippen molar-refractivity contribution in [3.05, 3.63) is 77.2 Å². The first-order valence-corrected chi connectivity index (χ1v) is 13.3.